The van der Waals surface area contributed by atoms with Crippen molar-refractivity contribution in [2.45, 2.75) is 37.4 Å². The van der Waals surface area contributed by atoms with Gasteiger partial charge in [0, 0.05) is 11.3 Å². The Labute approximate surface area is 221 Å². The number of nitrogens with zero attached hydrogens (tertiary/aromatic N) is 3. The lowest BCUT2D eigenvalue weighted by Crippen LogP contribution is -2.34. The monoisotopic (exact) mass is 530 g/mol. The highest BCUT2D eigenvalue weighted by Crippen LogP contribution is 2.42. The van der Waals surface area contributed by atoms with E-state index in [2.05, 4.69) is 15.3 Å². The van der Waals surface area contributed by atoms with Gasteiger partial charge in [-0.2, -0.15) is 0 Å². The van der Waals surface area contributed by atoms with Crippen molar-refractivity contribution in [3.05, 3.63) is 95.2 Å². The minimum Gasteiger partial charge on any atom is -0.325 e. The molecule has 9 heteroatoms. The number of rotatable bonds is 6. The van der Waals surface area contributed by atoms with E-state index in [9.17, 15) is 13.2 Å². The molecule has 0 atom stereocenters. The number of aromatic nitrogens is 2. The Morgan fingerprint density at radius 3 is 2.49 bits per heavy atom. The summed E-state index contributed by atoms with van der Waals surface area (Å²) in [6, 6.07) is 20.9. The second-order valence-corrected chi connectivity index (χ2v) is 11.8. The van der Waals surface area contributed by atoms with Crippen LogP contribution >= 0.6 is 11.8 Å². The van der Waals surface area contributed by atoms with Crippen LogP contribution < -0.4 is 9.62 Å². The van der Waals surface area contributed by atoms with E-state index in [1.807, 2.05) is 81.4 Å². The third-order valence-electron chi connectivity index (χ3n) is 6.30. The van der Waals surface area contributed by atoms with E-state index in [0.717, 1.165) is 39.7 Å². The van der Waals surface area contributed by atoms with Crippen molar-refractivity contribution in [3.63, 3.8) is 0 Å². The first kappa shape index (κ1) is 25.0. The number of amides is 1. The molecule has 3 aromatic carbocycles. The van der Waals surface area contributed by atoms with Crippen molar-refractivity contribution in [1.82, 2.24) is 9.97 Å². The SMILES string of the molecule is Cc1ccc(CN2c3ccccc3-c3nc(SCC(=O)Nc4ccc(C)c(C)c4)ncc3S2(=O)=O)cc1. The number of hydrogen-bond donors (Lipinski definition) is 1. The predicted octanol–water partition coefficient (Wildman–Crippen LogP) is 5.51. The fraction of sp³-hybridized carbons (Fsp3) is 0.179. The maximum atomic E-state index is 13.6. The molecular formula is C28H26N4O3S2. The van der Waals surface area contributed by atoms with E-state index in [-0.39, 0.29) is 23.1 Å². The second-order valence-electron chi connectivity index (χ2n) is 9.02. The summed E-state index contributed by atoms with van der Waals surface area (Å²) in [5.41, 5.74) is 6.60. The number of nitrogens with one attached hydrogen (secondary N) is 1. The van der Waals surface area contributed by atoms with E-state index < -0.39 is 10.0 Å². The average molecular weight is 531 g/mol. The molecule has 4 aromatic rings. The molecule has 1 aliphatic rings. The molecule has 0 fully saturated rings. The number of thioether (sulfide) groups is 1. The summed E-state index contributed by atoms with van der Waals surface area (Å²) in [6.07, 6.45) is 1.35. The molecule has 0 saturated heterocycles. The summed E-state index contributed by atoms with van der Waals surface area (Å²) >= 11 is 1.16. The first-order valence-electron chi connectivity index (χ1n) is 11.8. The van der Waals surface area contributed by atoms with Crippen molar-refractivity contribution in [2.24, 2.45) is 0 Å². The molecule has 0 bridgehead atoms. The second kappa shape index (κ2) is 9.99. The average Bonchev–Trinajstić information content (AvgIpc) is 2.88. The van der Waals surface area contributed by atoms with Gasteiger partial charge in [0.2, 0.25) is 5.91 Å². The zero-order valence-electron chi connectivity index (χ0n) is 20.7. The van der Waals surface area contributed by atoms with Gasteiger partial charge in [-0.05, 0) is 55.7 Å². The standard InChI is InChI=1S/C28H26N4O3S2/c1-18-8-11-21(12-9-18)16-32-24-7-5-4-6-23(24)27-25(37(32,34)35)15-29-28(31-27)36-17-26(33)30-22-13-10-19(2)20(3)14-22/h4-15H,16-17H2,1-3H3,(H,30,33). The molecule has 1 aliphatic heterocycles. The number of hydrogen-bond acceptors (Lipinski definition) is 6. The Bertz CT molecular complexity index is 1600. The minimum absolute atomic E-state index is 0.0576. The van der Waals surface area contributed by atoms with Gasteiger partial charge in [-0.1, -0.05) is 65.9 Å². The molecule has 1 amide bonds. The van der Waals surface area contributed by atoms with Gasteiger partial charge < -0.3 is 5.32 Å². The number of aryl methyl sites for hydroxylation is 3. The summed E-state index contributed by atoms with van der Waals surface area (Å²) in [6.45, 7) is 6.21. The molecule has 0 unspecified atom stereocenters. The van der Waals surface area contributed by atoms with Crippen molar-refractivity contribution >= 4 is 39.1 Å². The molecule has 7 nitrogen and oxygen atoms in total. The van der Waals surface area contributed by atoms with Crippen LogP contribution in [-0.4, -0.2) is 30.0 Å². The highest BCUT2D eigenvalue weighted by atomic mass is 32.2. The van der Waals surface area contributed by atoms with E-state index in [1.165, 1.54) is 10.5 Å². The Kier molecular flexibility index (Phi) is 6.74. The van der Waals surface area contributed by atoms with E-state index in [4.69, 9.17) is 0 Å². The largest absolute Gasteiger partial charge is 0.325 e. The maximum Gasteiger partial charge on any atom is 0.268 e. The molecule has 37 heavy (non-hydrogen) atoms. The van der Waals surface area contributed by atoms with Crippen LogP contribution in [0.25, 0.3) is 11.3 Å². The third kappa shape index (κ3) is 5.10. The van der Waals surface area contributed by atoms with Gasteiger partial charge in [-0.25, -0.2) is 18.4 Å². The molecule has 0 radical (unpaired) electrons. The summed E-state index contributed by atoms with van der Waals surface area (Å²) in [5, 5.41) is 3.22. The normalized spacial score (nSPS) is 13.5. The van der Waals surface area contributed by atoms with Crippen molar-refractivity contribution in [3.8, 4) is 11.3 Å². The van der Waals surface area contributed by atoms with Gasteiger partial charge in [0.25, 0.3) is 10.0 Å². The Hall–Kier alpha value is -3.69. The number of sulfonamides is 1. The van der Waals surface area contributed by atoms with E-state index >= 15 is 0 Å². The number of anilines is 2. The first-order chi connectivity index (χ1) is 17.7. The molecule has 0 aliphatic carbocycles. The predicted molar refractivity (Wildman–Crippen MR) is 147 cm³/mol. The van der Waals surface area contributed by atoms with Crippen LogP contribution in [0.5, 0.6) is 0 Å². The fourth-order valence-corrected chi connectivity index (χ4v) is 6.30. The molecule has 188 valence electrons. The van der Waals surface area contributed by atoms with Crippen LogP contribution in [0.2, 0.25) is 0 Å². The highest BCUT2D eigenvalue weighted by Gasteiger charge is 2.36. The molecule has 5 rings (SSSR count). The summed E-state index contributed by atoms with van der Waals surface area (Å²) < 4.78 is 28.7. The van der Waals surface area contributed by atoms with Gasteiger partial charge in [0.1, 0.15) is 4.90 Å². The topological polar surface area (TPSA) is 92.3 Å². The zero-order chi connectivity index (χ0) is 26.2. The van der Waals surface area contributed by atoms with Crippen LogP contribution in [0.15, 0.2) is 83.0 Å². The quantitative estimate of drug-likeness (QED) is 0.261. The summed E-state index contributed by atoms with van der Waals surface area (Å²) in [4.78, 5) is 21.4. The van der Waals surface area contributed by atoms with E-state index in [1.54, 1.807) is 6.07 Å². The third-order valence-corrected chi connectivity index (χ3v) is 8.92. The molecule has 2 heterocycles. The smallest absolute Gasteiger partial charge is 0.268 e. The molecular weight excluding hydrogens is 504 g/mol. The van der Waals surface area contributed by atoms with Gasteiger partial charge in [-0.3, -0.25) is 9.10 Å². The minimum atomic E-state index is -3.88. The zero-order valence-corrected chi connectivity index (χ0v) is 22.4. The van der Waals surface area contributed by atoms with Crippen LogP contribution in [-0.2, 0) is 21.4 Å². The van der Waals surface area contributed by atoms with Crippen LogP contribution in [0.3, 0.4) is 0 Å². The lowest BCUT2D eigenvalue weighted by molar-refractivity contribution is -0.113. The molecule has 0 spiro atoms. The van der Waals surface area contributed by atoms with Crippen molar-refractivity contribution in [2.75, 3.05) is 15.4 Å². The molecule has 1 aromatic heterocycles. The number of carbonyl (C=O) groups excluding carboxylic acids is 1. The Morgan fingerprint density at radius 1 is 0.973 bits per heavy atom. The van der Waals surface area contributed by atoms with Gasteiger partial charge >= 0.3 is 0 Å². The number of para-hydroxylation sites is 1. The van der Waals surface area contributed by atoms with Crippen LogP contribution in [0.1, 0.15) is 22.3 Å². The van der Waals surface area contributed by atoms with Gasteiger partial charge in [-0.15, -0.1) is 0 Å². The fourth-order valence-electron chi connectivity index (χ4n) is 4.12. The first-order valence-corrected chi connectivity index (χ1v) is 14.2. The van der Waals surface area contributed by atoms with Crippen LogP contribution in [0, 0.1) is 20.8 Å². The lowest BCUT2D eigenvalue weighted by Gasteiger charge is -2.31. The maximum absolute atomic E-state index is 13.6. The molecule has 0 saturated carbocycles. The highest BCUT2D eigenvalue weighted by molar-refractivity contribution is 7.99. The van der Waals surface area contributed by atoms with Gasteiger partial charge in [0.15, 0.2) is 5.16 Å². The number of benzene rings is 3. The van der Waals surface area contributed by atoms with Crippen molar-refractivity contribution in [1.29, 1.82) is 0 Å². The lowest BCUT2D eigenvalue weighted by atomic mass is 10.1. The Morgan fingerprint density at radius 2 is 1.73 bits per heavy atom. The van der Waals surface area contributed by atoms with Crippen molar-refractivity contribution < 1.29 is 13.2 Å². The summed E-state index contributed by atoms with van der Waals surface area (Å²) in [7, 11) is -3.88. The Balaban J connectivity index is 1.39. The molecule has 1 N–H and O–H groups in total. The van der Waals surface area contributed by atoms with Gasteiger partial charge in [0.05, 0.1) is 29.9 Å². The number of carbonyl (C=O) groups is 1. The van der Waals surface area contributed by atoms with E-state index in [0.29, 0.717) is 22.1 Å². The van der Waals surface area contributed by atoms with Crippen LogP contribution in [0.4, 0.5) is 11.4 Å². The number of fused-ring (bicyclic) bond motifs is 3. The summed E-state index contributed by atoms with van der Waals surface area (Å²) in [5.74, 6) is -0.0912.